The zero-order chi connectivity index (χ0) is 13.2. The van der Waals surface area contributed by atoms with Crippen molar-refractivity contribution in [3.63, 3.8) is 0 Å². The number of halogens is 1. The summed E-state index contributed by atoms with van der Waals surface area (Å²) in [5.74, 6) is -0.198. The Hall–Kier alpha value is -2.29. The third-order valence-corrected chi connectivity index (χ3v) is 3.35. The van der Waals surface area contributed by atoms with Gasteiger partial charge in [0.15, 0.2) is 0 Å². The van der Waals surface area contributed by atoms with Gasteiger partial charge in [0.25, 0.3) is 0 Å². The zero-order valence-electron chi connectivity index (χ0n) is 10.5. The number of nitrogens with zero attached hydrogens (tertiary/aromatic N) is 1. The number of hydrogen-bond donors (Lipinski definition) is 1. The number of hydrogen-bond acceptors (Lipinski definition) is 2. The van der Waals surface area contributed by atoms with Gasteiger partial charge in [-0.25, -0.2) is 4.39 Å². The van der Waals surface area contributed by atoms with E-state index in [-0.39, 0.29) is 5.82 Å². The lowest BCUT2D eigenvalue weighted by atomic mass is 10.0. The van der Waals surface area contributed by atoms with E-state index in [9.17, 15) is 4.39 Å². The molecule has 0 aliphatic carbocycles. The molecule has 0 spiro atoms. The second-order valence-electron chi connectivity index (χ2n) is 4.77. The molecule has 2 N–H and O–H groups in total. The van der Waals surface area contributed by atoms with Gasteiger partial charge in [-0.3, -0.25) is 0 Å². The van der Waals surface area contributed by atoms with Gasteiger partial charge < -0.3 is 10.6 Å². The third-order valence-electron chi connectivity index (χ3n) is 3.35. The Labute approximate surface area is 112 Å². The van der Waals surface area contributed by atoms with Gasteiger partial charge >= 0.3 is 0 Å². The SMILES string of the molecule is Nc1cccc2c1C=CN(Cc1ccc(F)cc1)C2. The van der Waals surface area contributed by atoms with Gasteiger partial charge in [-0.05, 0) is 35.4 Å². The van der Waals surface area contributed by atoms with Crippen LogP contribution in [-0.2, 0) is 13.1 Å². The molecule has 0 saturated heterocycles. The fourth-order valence-corrected chi connectivity index (χ4v) is 2.36. The van der Waals surface area contributed by atoms with E-state index in [0.717, 1.165) is 29.9 Å². The normalized spacial score (nSPS) is 13.4. The Bertz CT molecular complexity index is 617. The smallest absolute Gasteiger partial charge is 0.123 e. The topological polar surface area (TPSA) is 29.3 Å². The van der Waals surface area contributed by atoms with E-state index < -0.39 is 0 Å². The molecule has 1 aliphatic heterocycles. The molecular formula is C16H15FN2. The van der Waals surface area contributed by atoms with Gasteiger partial charge in [0, 0.05) is 30.5 Å². The molecule has 3 rings (SSSR count). The van der Waals surface area contributed by atoms with Gasteiger partial charge in [-0.15, -0.1) is 0 Å². The van der Waals surface area contributed by atoms with Crippen molar-refractivity contribution in [3.05, 3.63) is 71.2 Å². The van der Waals surface area contributed by atoms with Crippen LogP contribution in [0.4, 0.5) is 10.1 Å². The van der Waals surface area contributed by atoms with Crippen molar-refractivity contribution in [2.75, 3.05) is 5.73 Å². The number of nitrogens with two attached hydrogens (primary N) is 1. The van der Waals surface area contributed by atoms with Crippen LogP contribution < -0.4 is 5.73 Å². The summed E-state index contributed by atoms with van der Waals surface area (Å²) in [5, 5.41) is 0. The van der Waals surface area contributed by atoms with Crippen molar-refractivity contribution >= 4 is 11.8 Å². The van der Waals surface area contributed by atoms with Gasteiger partial charge in [-0.1, -0.05) is 24.3 Å². The Morgan fingerprint density at radius 1 is 1.11 bits per heavy atom. The molecule has 0 aromatic heterocycles. The highest BCUT2D eigenvalue weighted by molar-refractivity contribution is 5.68. The van der Waals surface area contributed by atoms with E-state index in [4.69, 9.17) is 5.73 Å². The quantitative estimate of drug-likeness (QED) is 0.832. The van der Waals surface area contributed by atoms with E-state index in [1.807, 2.05) is 36.5 Å². The standard InChI is InChI=1S/C16H15FN2/c17-14-6-4-12(5-7-14)10-19-9-8-15-13(11-19)2-1-3-16(15)18/h1-9H,10-11,18H2. The van der Waals surface area contributed by atoms with Crippen LogP contribution >= 0.6 is 0 Å². The van der Waals surface area contributed by atoms with Crippen molar-refractivity contribution in [2.45, 2.75) is 13.1 Å². The number of anilines is 1. The molecule has 0 unspecified atom stereocenters. The highest BCUT2D eigenvalue weighted by atomic mass is 19.1. The Kier molecular flexibility index (Phi) is 2.95. The molecular weight excluding hydrogens is 239 g/mol. The van der Waals surface area contributed by atoms with E-state index in [1.165, 1.54) is 17.7 Å². The van der Waals surface area contributed by atoms with Crippen molar-refractivity contribution in [1.82, 2.24) is 4.90 Å². The zero-order valence-corrected chi connectivity index (χ0v) is 10.5. The van der Waals surface area contributed by atoms with Crippen LogP contribution in [0.3, 0.4) is 0 Å². The average Bonchev–Trinajstić information content (AvgIpc) is 2.42. The van der Waals surface area contributed by atoms with Crippen LogP contribution in [0.1, 0.15) is 16.7 Å². The largest absolute Gasteiger partial charge is 0.398 e. The molecule has 0 fully saturated rings. The van der Waals surface area contributed by atoms with Gasteiger partial charge in [0.05, 0.1) is 0 Å². The van der Waals surface area contributed by atoms with Crippen molar-refractivity contribution in [1.29, 1.82) is 0 Å². The minimum atomic E-state index is -0.198. The van der Waals surface area contributed by atoms with E-state index in [2.05, 4.69) is 11.0 Å². The summed E-state index contributed by atoms with van der Waals surface area (Å²) < 4.78 is 12.9. The van der Waals surface area contributed by atoms with Crippen molar-refractivity contribution < 1.29 is 4.39 Å². The van der Waals surface area contributed by atoms with Crippen molar-refractivity contribution in [3.8, 4) is 0 Å². The van der Waals surface area contributed by atoms with E-state index in [1.54, 1.807) is 0 Å². The Morgan fingerprint density at radius 2 is 1.89 bits per heavy atom. The Balaban J connectivity index is 1.78. The van der Waals surface area contributed by atoms with Crippen LogP contribution in [0.25, 0.3) is 6.08 Å². The molecule has 0 radical (unpaired) electrons. The lowest BCUT2D eigenvalue weighted by Gasteiger charge is -2.26. The number of benzene rings is 2. The maximum Gasteiger partial charge on any atom is 0.123 e. The van der Waals surface area contributed by atoms with Gasteiger partial charge in [-0.2, -0.15) is 0 Å². The first-order valence-corrected chi connectivity index (χ1v) is 6.26. The van der Waals surface area contributed by atoms with Crippen LogP contribution in [0.2, 0.25) is 0 Å². The lowest BCUT2D eigenvalue weighted by Crippen LogP contribution is -2.20. The molecule has 0 atom stereocenters. The molecule has 19 heavy (non-hydrogen) atoms. The molecule has 0 amide bonds. The average molecular weight is 254 g/mol. The monoisotopic (exact) mass is 254 g/mol. The highest BCUT2D eigenvalue weighted by Gasteiger charge is 2.12. The molecule has 2 nitrogen and oxygen atoms in total. The van der Waals surface area contributed by atoms with Crippen LogP contribution in [-0.4, -0.2) is 4.90 Å². The first-order chi connectivity index (χ1) is 9.22. The second kappa shape index (κ2) is 4.76. The maximum absolute atomic E-state index is 12.9. The predicted octanol–water partition coefficient (Wildman–Crippen LogP) is 3.39. The molecule has 96 valence electrons. The molecule has 2 aromatic carbocycles. The van der Waals surface area contributed by atoms with Gasteiger partial charge in [0.1, 0.15) is 5.82 Å². The van der Waals surface area contributed by atoms with Crippen LogP contribution in [0.15, 0.2) is 48.7 Å². The number of nitrogen functional groups attached to an aromatic ring is 1. The summed E-state index contributed by atoms with van der Waals surface area (Å²) in [7, 11) is 0. The molecule has 1 aliphatic rings. The molecule has 0 bridgehead atoms. The summed E-state index contributed by atoms with van der Waals surface area (Å²) in [6.07, 6.45) is 4.08. The molecule has 0 saturated carbocycles. The molecule has 3 heteroatoms. The van der Waals surface area contributed by atoms with E-state index >= 15 is 0 Å². The summed E-state index contributed by atoms with van der Waals surface area (Å²) in [5.41, 5.74) is 10.2. The first-order valence-electron chi connectivity index (χ1n) is 6.26. The first kappa shape index (κ1) is 11.8. The summed E-state index contributed by atoms with van der Waals surface area (Å²) in [6, 6.07) is 12.6. The fraction of sp³-hybridized carbons (Fsp3) is 0.125. The summed E-state index contributed by atoms with van der Waals surface area (Å²) in [4.78, 5) is 2.19. The lowest BCUT2D eigenvalue weighted by molar-refractivity contribution is 0.359. The minimum absolute atomic E-state index is 0.198. The highest BCUT2D eigenvalue weighted by Crippen LogP contribution is 2.25. The van der Waals surface area contributed by atoms with Gasteiger partial charge in [0.2, 0.25) is 0 Å². The van der Waals surface area contributed by atoms with Crippen molar-refractivity contribution in [2.24, 2.45) is 0 Å². The number of fused-ring (bicyclic) bond motifs is 1. The minimum Gasteiger partial charge on any atom is -0.398 e. The maximum atomic E-state index is 12.9. The number of rotatable bonds is 2. The molecule has 1 heterocycles. The Morgan fingerprint density at radius 3 is 2.68 bits per heavy atom. The predicted molar refractivity (Wildman–Crippen MR) is 75.5 cm³/mol. The molecule has 2 aromatic rings. The second-order valence-corrected chi connectivity index (χ2v) is 4.77. The summed E-state index contributed by atoms with van der Waals surface area (Å²) >= 11 is 0. The van der Waals surface area contributed by atoms with Crippen LogP contribution in [0, 0.1) is 5.82 Å². The van der Waals surface area contributed by atoms with E-state index in [0.29, 0.717) is 0 Å². The van der Waals surface area contributed by atoms with Crippen LogP contribution in [0.5, 0.6) is 0 Å². The summed E-state index contributed by atoms with van der Waals surface area (Å²) in [6.45, 7) is 1.60. The third kappa shape index (κ3) is 2.45. The fourth-order valence-electron chi connectivity index (χ4n) is 2.36.